The van der Waals surface area contributed by atoms with Gasteiger partial charge in [0, 0.05) is 56.7 Å². The molecule has 0 atom stereocenters. The van der Waals surface area contributed by atoms with E-state index in [-0.39, 0.29) is 20.3 Å². The number of rotatable bonds is 6. The molecule has 0 aliphatic heterocycles. The van der Waals surface area contributed by atoms with Gasteiger partial charge in [0.25, 0.3) is 16.6 Å². The quantitative estimate of drug-likeness (QED) is 0.0739. The Hall–Kier alpha value is -4.19. The molecule has 0 radical (unpaired) electrons. The largest absolute Gasteiger partial charge is 0.541 e. The van der Waals surface area contributed by atoms with Gasteiger partial charge in [0.05, 0.1) is 0 Å². The molecule has 4 nitrogen and oxygen atoms in total. The monoisotopic (exact) mass is 786 g/mol. The molecule has 54 heavy (non-hydrogen) atoms. The van der Waals surface area contributed by atoms with Gasteiger partial charge in [-0.15, -0.1) is 0 Å². The predicted molar refractivity (Wildman–Crippen MR) is 235 cm³/mol. The van der Waals surface area contributed by atoms with Crippen molar-refractivity contribution in [3.8, 4) is 35.2 Å². The number of hydrogen-bond donors (Lipinski definition) is 0. The summed E-state index contributed by atoms with van der Waals surface area (Å²) in [6.45, 7) is 25.8. The van der Waals surface area contributed by atoms with Crippen LogP contribution in [-0.4, -0.2) is 26.9 Å². The van der Waals surface area contributed by atoms with Gasteiger partial charge in [-0.05, 0) is 120 Å². The molecule has 0 heterocycles. The SMILES string of the molecule is CC(=O)Sc1ccc(C#Cc2ccc3c(c2)c(O[Si](C)(C)C(C)(C)C)c(O[Si](C)(C)C(C)(C)C)c2cc(C#Cc4ccc(SC(C)=O)cc4)ccc23)cc1. The zero-order chi connectivity index (χ0) is 39.6. The van der Waals surface area contributed by atoms with Gasteiger partial charge in [0.2, 0.25) is 0 Å². The van der Waals surface area contributed by atoms with E-state index in [1.807, 2.05) is 48.5 Å². The van der Waals surface area contributed by atoms with Crippen molar-refractivity contribution in [1.82, 2.24) is 0 Å². The summed E-state index contributed by atoms with van der Waals surface area (Å²) >= 11 is 2.44. The predicted octanol–water partition coefficient (Wildman–Crippen LogP) is 12.8. The maximum atomic E-state index is 11.6. The second-order valence-corrected chi connectivity index (χ2v) is 28.6. The van der Waals surface area contributed by atoms with Crippen LogP contribution in [0.15, 0.2) is 94.7 Å². The first kappa shape index (κ1) is 41.0. The molecule has 5 aromatic rings. The fourth-order valence-electron chi connectivity index (χ4n) is 5.19. The number of benzene rings is 5. The molecule has 0 spiro atoms. The summed E-state index contributed by atoms with van der Waals surface area (Å²) in [5, 5.41) is 4.08. The lowest BCUT2D eigenvalue weighted by Crippen LogP contribution is -2.45. The van der Waals surface area contributed by atoms with Gasteiger partial charge in [0.1, 0.15) is 0 Å². The van der Waals surface area contributed by atoms with E-state index in [1.165, 1.54) is 23.5 Å². The fraction of sp³-hybridized carbons (Fsp3) is 0.304. The van der Waals surface area contributed by atoms with Crippen molar-refractivity contribution < 1.29 is 18.4 Å². The molecule has 0 fully saturated rings. The number of fused-ring (bicyclic) bond motifs is 3. The van der Waals surface area contributed by atoms with E-state index in [1.54, 1.807) is 13.8 Å². The standard InChI is InChI=1S/C46H50O4S2Si2/c1-31(47)51-37-23-17-33(18-24-37)13-15-35-21-27-39-40-28-22-36(16-14-34-19-25-38(26-20-34)52-32(2)48)30-42(40)44(50-54(11,12)46(6,7)8)43(41(39)29-35)49-53(9,10)45(3,4)5/h17-30H,1-12H3. The van der Waals surface area contributed by atoms with Gasteiger partial charge >= 0.3 is 0 Å². The van der Waals surface area contributed by atoms with E-state index in [4.69, 9.17) is 8.85 Å². The summed E-state index contributed by atoms with van der Waals surface area (Å²) in [6, 6.07) is 28.3. The number of hydrogen-bond acceptors (Lipinski definition) is 6. The highest BCUT2D eigenvalue weighted by atomic mass is 32.2. The molecular weight excluding hydrogens is 737 g/mol. The Morgan fingerprint density at radius 1 is 0.481 bits per heavy atom. The zero-order valence-corrected chi connectivity index (χ0v) is 37.2. The molecule has 0 amide bonds. The van der Waals surface area contributed by atoms with Crippen molar-refractivity contribution >= 4 is 71.9 Å². The first-order chi connectivity index (χ1) is 25.1. The minimum absolute atomic E-state index is 0.0570. The van der Waals surface area contributed by atoms with Crippen molar-refractivity contribution in [3.63, 3.8) is 0 Å². The van der Waals surface area contributed by atoms with Crippen LogP contribution >= 0.6 is 23.5 Å². The van der Waals surface area contributed by atoms with Crippen LogP contribution in [0.25, 0.3) is 21.5 Å². The average Bonchev–Trinajstić information content (AvgIpc) is 3.07. The van der Waals surface area contributed by atoms with Gasteiger partial charge < -0.3 is 8.85 Å². The number of carbonyl (C=O) groups excluding carboxylic acids is 2. The minimum atomic E-state index is -2.37. The van der Waals surface area contributed by atoms with Crippen LogP contribution in [0, 0.1) is 23.7 Å². The Kier molecular flexibility index (Phi) is 12.1. The Morgan fingerprint density at radius 3 is 1.07 bits per heavy atom. The van der Waals surface area contributed by atoms with Crippen LogP contribution in [0.5, 0.6) is 11.5 Å². The van der Waals surface area contributed by atoms with Crippen LogP contribution in [-0.2, 0) is 9.59 Å². The lowest BCUT2D eigenvalue weighted by molar-refractivity contribution is -0.109. The maximum Gasteiger partial charge on any atom is 0.250 e. The number of carbonyl (C=O) groups is 2. The molecular formula is C46H50O4S2Si2. The highest BCUT2D eigenvalue weighted by Crippen LogP contribution is 2.50. The Balaban J connectivity index is 1.73. The lowest BCUT2D eigenvalue weighted by Gasteiger charge is -2.40. The van der Waals surface area contributed by atoms with Gasteiger partial charge in [0.15, 0.2) is 21.7 Å². The van der Waals surface area contributed by atoms with E-state index in [2.05, 4.69) is 128 Å². The van der Waals surface area contributed by atoms with E-state index >= 15 is 0 Å². The molecule has 0 N–H and O–H groups in total. The number of thioether (sulfide) groups is 2. The van der Waals surface area contributed by atoms with E-state index in [9.17, 15) is 9.59 Å². The average molecular weight is 787 g/mol. The van der Waals surface area contributed by atoms with E-state index in [0.29, 0.717) is 0 Å². The maximum absolute atomic E-state index is 11.6. The van der Waals surface area contributed by atoms with E-state index < -0.39 is 16.6 Å². The Labute approximate surface area is 332 Å². The fourth-order valence-corrected chi connectivity index (χ4v) is 8.43. The molecule has 0 saturated heterocycles. The Bertz CT molecular complexity index is 2190. The van der Waals surface area contributed by atoms with Crippen molar-refractivity contribution in [2.24, 2.45) is 0 Å². The Morgan fingerprint density at radius 2 is 0.778 bits per heavy atom. The molecule has 8 heteroatoms. The first-order valence-corrected chi connectivity index (χ1v) is 25.6. The van der Waals surface area contributed by atoms with Crippen LogP contribution < -0.4 is 8.85 Å². The van der Waals surface area contributed by atoms with Crippen LogP contribution in [0.4, 0.5) is 0 Å². The molecule has 0 unspecified atom stereocenters. The second kappa shape index (κ2) is 15.9. The van der Waals surface area contributed by atoms with Crippen molar-refractivity contribution in [2.75, 3.05) is 0 Å². The molecule has 0 aliphatic rings. The third-order valence-corrected chi connectivity index (χ3v) is 20.5. The highest BCUT2D eigenvalue weighted by molar-refractivity contribution is 8.13. The van der Waals surface area contributed by atoms with Gasteiger partial charge in [-0.1, -0.05) is 101 Å². The third kappa shape index (κ3) is 9.72. The van der Waals surface area contributed by atoms with Crippen molar-refractivity contribution in [3.05, 3.63) is 107 Å². The smallest absolute Gasteiger partial charge is 0.250 e. The summed E-state index contributed by atoms with van der Waals surface area (Å²) < 4.78 is 14.7. The van der Waals surface area contributed by atoms with E-state index in [0.717, 1.165) is 65.1 Å². The van der Waals surface area contributed by atoms with Crippen molar-refractivity contribution in [2.45, 2.75) is 101 Å². The normalized spacial score (nSPS) is 12.1. The molecule has 278 valence electrons. The highest BCUT2D eigenvalue weighted by Gasteiger charge is 2.43. The first-order valence-electron chi connectivity index (χ1n) is 18.2. The zero-order valence-electron chi connectivity index (χ0n) is 33.5. The summed E-state index contributed by atoms with van der Waals surface area (Å²) in [6.07, 6.45) is 0. The summed E-state index contributed by atoms with van der Waals surface area (Å²) in [7, 11) is -4.75. The van der Waals surface area contributed by atoms with Crippen LogP contribution in [0.2, 0.25) is 36.3 Å². The summed E-state index contributed by atoms with van der Waals surface area (Å²) in [5.74, 6) is 15.0. The van der Waals surface area contributed by atoms with Gasteiger partial charge in [-0.3, -0.25) is 9.59 Å². The van der Waals surface area contributed by atoms with Crippen molar-refractivity contribution in [1.29, 1.82) is 0 Å². The molecule has 0 saturated carbocycles. The van der Waals surface area contributed by atoms with Crippen LogP contribution in [0.1, 0.15) is 77.6 Å². The minimum Gasteiger partial charge on any atom is -0.541 e. The third-order valence-electron chi connectivity index (χ3n) is 10.3. The molecule has 5 rings (SSSR count). The second-order valence-electron chi connectivity index (χ2n) is 16.6. The van der Waals surface area contributed by atoms with Crippen LogP contribution in [0.3, 0.4) is 0 Å². The lowest BCUT2D eigenvalue weighted by atomic mass is 9.97. The summed E-state index contributed by atoms with van der Waals surface area (Å²) in [4.78, 5) is 24.9. The van der Waals surface area contributed by atoms with Gasteiger partial charge in [-0.25, -0.2) is 0 Å². The molecule has 0 bridgehead atoms. The molecule has 0 aliphatic carbocycles. The molecule has 5 aromatic carbocycles. The molecule has 0 aromatic heterocycles. The van der Waals surface area contributed by atoms with Gasteiger partial charge in [-0.2, -0.15) is 0 Å². The summed E-state index contributed by atoms with van der Waals surface area (Å²) in [5.41, 5.74) is 3.50. The topological polar surface area (TPSA) is 52.6 Å².